The van der Waals surface area contributed by atoms with Crippen LogP contribution in [0.15, 0.2) is 16.3 Å². The predicted octanol–water partition coefficient (Wildman–Crippen LogP) is 0.272. The molecule has 0 saturated heterocycles. The van der Waals surface area contributed by atoms with Gasteiger partial charge in [-0.2, -0.15) is 0 Å². The van der Waals surface area contributed by atoms with Crippen LogP contribution in [0.5, 0.6) is 0 Å². The smallest absolute Gasteiger partial charge is 0.249 e. The van der Waals surface area contributed by atoms with Gasteiger partial charge >= 0.3 is 0 Å². The second-order valence-electron chi connectivity index (χ2n) is 4.78. The SMILES string of the molecule is CNS(=O)(=O)c1ccc(CNC(=O)CNCC2CC2)s1. The summed E-state index contributed by atoms with van der Waals surface area (Å²) in [4.78, 5) is 12.4. The van der Waals surface area contributed by atoms with Gasteiger partial charge in [0, 0.05) is 4.88 Å². The van der Waals surface area contributed by atoms with Crippen LogP contribution in [0.3, 0.4) is 0 Å². The van der Waals surface area contributed by atoms with Crippen molar-refractivity contribution in [1.29, 1.82) is 0 Å². The van der Waals surface area contributed by atoms with Gasteiger partial charge in [-0.05, 0) is 44.5 Å². The number of carbonyl (C=O) groups excluding carboxylic acids is 1. The standard InChI is InChI=1S/C12H19N3O3S2/c1-13-20(17,18)12-5-4-10(19-12)7-15-11(16)8-14-6-9-2-3-9/h4-5,9,13-14H,2-3,6-8H2,1H3,(H,15,16). The highest BCUT2D eigenvalue weighted by Gasteiger charge is 2.20. The number of amides is 1. The van der Waals surface area contributed by atoms with Gasteiger partial charge in [-0.25, -0.2) is 13.1 Å². The number of carbonyl (C=O) groups is 1. The molecule has 0 aliphatic heterocycles. The first-order valence-electron chi connectivity index (χ1n) is 6.51. The van der Waals surface area contributed by atoms with Crippen LogP contribution in [0.2, 0.25) is 0 Å². The summed E-state index contributed by atoms with van der Waals surface area (Å²) in [5.74, 6) is 0.673. The van der Waals surface area contributed by atoms with Gasteiger partial charge < -0.3 is 10.6 Å². The van der Waals surface area contributed by atoms with E-state index >= 15 is 0 Å². The van der Waals surface area contributed by atoms with Gasteiger partial charge in [-0.15, -0.1) is 11.3 Å². The van der Waals surface area contributed by atoms with E-state index in [4.69, 9.17) is 0 Å². The molecule has 0 aromatic carbocycles. The van der Waals surface area contributed by atoms with Crippen molar-refractivity contribution in [2.45, 2.75) is 23.6 Å². The average molecular weight is 317 g/mol. The summed E-state index contributed by atoms with van der Waals surface area (Å²) in [5.41, 5.74) is 0. The van der Waals surface area contributed by atoms with Crippen molar-refractivity contribution in [2.24, 2.45) is 5.92 Å². The first-order chi connectivity index (χ1) is 9.51. The number of rotatable bonds is 8. The summed E-state index contributed by atoms with van der Waals surface area (Å²) in [6.45, 7) is 1.56. The van der Waals surface area contributed by atoms with Gasteiger partial charge in [-0.1, -0.05) is 0 Å². The summed E-state index contributed by atoms with van der Waals surface area (Å²) < 4.78 is 25.7. The van der Waals surface area contributed by atoms with Crippen LogP contribution < -0.4 is 15.4 Å². The molecule has 112 valence electrons. The number of thiophene rings is 1. The van der Waals surface area contributed by atoms with Crippen molar-refractivity contribution in [3.8, 4) is 0 Å². The van der Waals surface area contributed by atoms with Crippen LogP contribution in [-0.4, -0.2) is 34.5 Å². The van der Waals surface area contributed by atoms with Gasteiger partial charge in [0.15, 0.2) is 0 Å². The fourth-order valence-corrected chi connectivity index (χ4v) is 3.79. The van der Waals surface area contributed by atoms with E-state index in [-0.39, 0.29) is 10.1 Å². The van der Waals surface area contributed by atoms with Crippen LogP contribution in [0.4, 0.5) is 0 Å². The summed E-state index contributed by atoms with van der Waals surface area (Å²) >= 11 is 1.16. The van der Waals surface area contributed by atoms with Crippen molar-refractivity contribution >= 4 is 27.3 Å². The molecule has 0 unspecified atom stereocenters. The Balaban J connectivity index is 1.74. The van der Waals surface area contributed by atoms with Crippen LogP contribution in [-0.2, 0) is 21.4 Å². The van der Waals surface area contributed by atoms with Crippen LogP contribution in [0, 0.1) is 5.92 Å². The molecule has 1 aromatic rings. The fraction of sp³-hybridized carbons (Fsp3) is 0.583. The minimum absolute atomic E-state index is 0.0722. The third-order valence-corrected chi connectivity index (χ3v) is 6.04. The molecule has 3 N–H and O–H groups in total. The summed E-state index contributed by atoms with van der Waals surface area (Å²) in [6.07, 6.45) is 2.51. The summed E-state index contributed by atoms with van der Waals surface area (Å²) in [7, 11) is -2.01. The zero-order valence-electron chi connectivity index (χ0n) is 11.3. The van der Waals surface area contributed by atoms with Gasteiger partial charge in [0.05, 0.1) is 13.1 Å². The van der Waals surface area contributed by atoms with E-state index in [2.05, 4.69) is 15.4 Å². The topological polar surface area (TPSA) is 87.3 Å². The summed E-state index contributed by atoms with van der Waals surface area (Å²) in [5, 5.41) is 5.88. The zero-order chi connectivity index (χ0) is 14.6. The highest BCUT2D eigenvalue weighted by Crippen LogP contribution is 2.27. The molecular weight excluding hydrogens is 298 g/mol. The molecule has 8 heteroatoms. The maximum absolute atomic E-state index is 11.6. The van der Waals surface area contributed by atoms with E-state index in [0.717, 1.165) is 28.7 Å². The molecule has 0 atom stereocenters. The quantitative estimate of drug-likeness (QED) is 0.642. The van der Waals surface area contributed by atoms with Gasteiger partial charge in [-0.3, -0.25) is 4.79 Å². The minimum atomic E-state index is -3.39. The maximum Gasteiger partial charge on any atom is 0.249 e. The fourth-order valence-electron chi connectivity index (χ4n) is 1.66. The van der Waals surface area contributed by atoms with Gasteiger partial charge in [0.2, 0.25) is 15.9 Å². The molecule has 1 heterocycles. The van der Waals surface area contributed by atoms with Crippen molar-refractivity contribution < 1.29 is 13.2 Å². The van der Waals surface area contributed by atoms with Crippen molar-refractivity contribution in [1.82, 2.24) is 15.4 Å². The number of sulfonamides is 1. The molecule has 1 aliphatic carbocycles. The first-order valence-corrected chi connectivity index (χ1v) is 8.81. The monoisotopic (exact) mass is 317 g/mol. The normalized spacial score (nSPS) is 15.2. The number of nitrogens with one attached hydrogen (secondary N) is 3. The van der Waals surface area contributed by atoms with E-state index in [1.54, 1.807) is 12.1 Å². The van der Waals surface area contributed by atoms with Crippen LogP contribution >= 0.6 is 11.3 Å². The third kappa shape index (κ3) is 4.55. The molecule has 1 fully saturated rings. The second-order valence-corrected chi connectivity index (χ2v) is 8.06. The Labute approximate surface area is 123 Å². The van der Waals surface area contributed by atoms with E-state index in [0.29, 0.717) is 13.1 Å². The Morgan fingerprint density at radius 1 is 1.40 bits per heavy atom. The first kappa shape index (κ1) is 15.4. The van der Waals surface area contributed by atoms with E-state index in [1.807, 2.05) is 0 Å². The highest BCUT2D eigenvalue weighted by molar-refractivity contribution is 7.91. The Morgan fingerprint density at radius 3 is 2.80 bits per heavy atom. The van der Waals surface area contributed by atoms with E-state index in [1.165, 1.54) is 19.9 Å². The lowest BCUT2D eigenvalue weighted by atomic mass is 10.4. The third-order valence-electron chi connectivity index (χ3n) is 3.05. The lowest BCUT2D eigenvalue weighted by Gasteiger charge is -2.04. The molecule has 0 spiro atoms. The summed E-state index contributed by atoms with van der Waals surface area (Å²) in [6, 6.07) is 3.26. The van der Waals surface area contributed by atoms with Crippen LogP contribution in [0.25, 0.3) is 0 Å². The lowest BCUT2D eigenvalue weighted by Crippen LogP contribution is -2.34. The number of hydrogen-bond donors (Lipinski definition) is 3. The molecule has 1 aliphatic rings. The van der Waals surface area contributed by atoms with Crippen LogP contribution in [0.1, 0.15) is 17.7 Å². The molecule has 1 aromatic heterocycles. The molecule has 6 nitrogen and oxygen atoms in total. The number of hydrogen-bond acceptors (Lipinski definition) is 5. The predicted molar refractivity (Wildman–Crippen MR) is 78.0 cm³/mol. The zero-order valence-corrected chi connectivity index (χ0v) is 12.9. The molecule has 1 saturated carbocycles. The van der Waals surface area contributed by atoms with Gasteiger partial charge in [0.25, 0.3) is 0 Å². The Bertz CT molecular complexity index is 564. The van der Waals surface area contributed by atoms with Crippen molar-refractivity contribution in [3.63, 3.8) is 0 Å². The Kier molecular flexibility index (Phi) is 5.14. The Hall–Kier alpha value is -0.960. The van der Waals surface area contributed by atoms with Crippen molar-refractivity contribution in [3.05, 3.63) is 17.0 Å². The van der Waals surface area contributed by atoms with E-state index in [9.17, 15) is 13.2 Å². The Morgan fingerprint density at radius 2 is 2.15 bits per heavy atom. The second kappa shape index (κ2) is 6.66. The molecule has 1 amide bonds. The highest BCUT2D eigenvalue weighted by atomic mass is 32.2. The molecular formula is C12H19N3O3S2. The lowest BCUT2D eigenvalue weighted by molar-refractivity contribution is -0.120. The average Bonchev–Trinajstić information content (AvgIpc) is 3.11. The maximum atomic E-state index is 11.6. The largest absolute Gasteiger partial charge is 0.350 e. The molecule has 20 heavy (non-hydrogen) atoms. The molecule has 0 bridgehead atoms. The van der Waals surface area contributed by atoms with E-state index < -0.39 is 10.0 Å². The minimum Gasteiger partial charge on any atom is -0.350 e. The van der Waals surface area contributed by atoms with Gasteiger partial charge in [0.1, 0.15) is 4.21 Å². The molecule has 2 rings (SSSR count). The van der Waals surface area contributed by atoms with Crippen molar-refractivity contribution in [2.75, 3.05) is 20.1 Å². The molecule has 0 radical (unpaired) electrons.